The van der Waals surface area contributed by atoms with Crippen molar-refractivity contribution in [3.8, 4) is 0 Å². The lowest BCUT2D eigenvalue weighted by molar-refractivity contribution is 0.624. The van der Waals surface area contributed by atoms with Crippen molar-refractivity contribution in [2.75, 3.05) is 5.75 Å². The van der Waals surface area contributed by atoms with Crippen LogP contribution in [0.5, 0.6) is 0 Å². The van der Waals surface area contributed by atoms with E-state index in [4.69, 9.17) is 11.1 Å². The average molecular weight is 158 g/mol. The largest absolute Gasteiger partial charge is 0.379 e. The minimum Gasteiger partial charge on any atom is -0.379 e. The summed E-state index contributed by atoms with van der Waals surface area (Å²) in [4.78, 5) is 0. The zero-order valence-electron chi connectivity index (χ0n) is 6.10. The quantitative estimate of drug-likeness (QED) is 0.475. The number of hydrogen-bond donors (Lipinski definition) is 2. The number of nitrogens with two attached hydrogens (primary N) is 1. The highest BCUT2D eigenvalue weighted by Gasteiger charge is 2.14. The highest BCUT2D eigenvalue weighted by molar-refractivity contribution is 8.13. The van der Waals surface area contributed by atoms with Crippen LogP contribution >= 0.6 is 11.8 Å². The SMILES string of the molecule is N=C(N)SCC1CCCC1. The molecule has 3 heteroatoms. The number of hydrogen-bond acceptors (Lipinski definition) is 2. The Balaban J connectivity index is 2.07. The molecular weight excluding hydrogens is 144 g/mol. The summed E-state index contributed by atoms with van der Waals surface area (Å²) in [5.74, 6) is 1.91. The summed E-state index contributed by atoms with van der Waals surface area (Å²) in [7, 11) is 0. The Hall–Kier alpha value is -0.180. The van der Waals surface area contributed by atoms with Crippen molar-refractivity contribution in [1.29, 1.82) is 5.41 Å². The lowest BCUT2D eigenvalue weighted by atomic mass is 10.1. The van der Waals surface area contributed by atoms with Crippen LogP contribution in [0, 0.1) is 11.3 Å². The molecule has 0 heterocycles. The van der Waals surface area contributed by atoms with Crippen molar-refractivity contribution in [3.05, 3.63) is 0 Å². The predicted molar refractivity (Wildman–Crippen MR) is 46.3 cm³/mol. The summed E-state index contributed by atoms with van der Waals surface area (Å²) < 4.78 is 0. The first kappa shape index (κ1) is 7.92. The molecular formula is C7H14N2S. The Kier molecular flexibility index (Phi) is 3.06. The molecule has 0 bridgehead atoms. The molecule has 1 aliphatic rings. The standard InChI is InChI=1S/C7H14N2S/c8-7(9)10-5-6-3-1-2-4-6/h6H,1-5H2,(H3,8,9). The number of nitrogens with one attached hydrogen (secondary N) is 1. The third-order valence-electron chi connectivity index (χ3n) is 1.95. The van der Waals surface area contributed by atoms with E-state index in [2.05, 4.69) is 0 Å². The first-order valence-electron chi connectivity index (χ1n) is 3.76. The van der Waals surface area contributed by atoms with Crippen LogP contribution in [0.3, 0.4) is 0 Å². The van der Waals surface area contributed by atoms with E-state index in [0.717, 1.165) is 11.7 Å². The van der Waals surface area contributed by atoms with Gasteiger partial charge in [0.15, 0.2) is 5.17 Å². The molecule has 1 rings (SSSR count). The molecule has 0 atom stereocenters. The molecule has 1 aliphatic carbocycles. The van der Waals surface area contributed by atoms with Gasteiger partial charge in [0.25, 0.3) is 0 Å². The van der Waals surface area contributed by atoms with Gasteiger partial charge >= 0.3 is 0 Å². The molecule has 0 aromatic rings. The summed E-state index contributed by atoms with van der Waals surface area (Å²) in [5.41, 5.74) is 5.22. The first-order valence-corrected chi connectivity index (χ1v) is 4.74. The van der Waals surface area contributed by atoms with E-state index in [0.29, 0.717) is 0 Å². The summed E-state index contributed by atoms with van der Waals surface area (Å²) in [6.07, 6.45) is 5.45. The summed E-state index contributed by atoms with van der Waals surface area (Å²) in [6, 6.07) is 0. The van der Waals surface area contributed by atoms with Crippen LogP contribution in [0.2, 0.25) is 0 Å². The maximum absolute atomic E-state index is 7.00. The summed E-state index contributed by atoms with van der Waals surface area (Å²) in [6.45, 7) is 0. The Morgan fingerprint density at radius 2 is 2.10 bits per heavy atom. The van der Waals surface area contributed by atoms with Gasteiger partial charge < -0.3 is 5.73 Å². The van der Waals surface area contributed by atoms with Crippen molar-refractivity contribution >= 4 is 16.9 Å². The Bertz CT molecular complexity index is 119. The van der Waals surface area contributed by atoms with E-state index < -0.39 is 0 Å². The molecule has 0 aromatic heterocycles. The van der Waals surface area contributed by atoms with E-state index in [-0.39, 0.29) is 5.17 Å². The summed E-state index contributed by atoms with van der Waals surface area (Å²) in [5, 5.41) is 7.27. The molecule has 3 N–H and O–H groups in total. The van der Waals surface area contributed by atoms with Crippen LogP contribution in [0.25, 0.3) is 0 Å². The maximum atomic E-state index is 7.00. The number of thioether (sulfide) groups is 1. The van der Waals surface area contributed by atoms with Crippen molar-refractivity contribution in [3.63, 3.8) is 0 Å². The third kappa shape index (κ3) is 2.60. The molecule has 0 spiro atoms. The van der Waals surface area contributed by atoms with Crippen molar-refractivity contribution < 1.29 is 0 Å². The molecule has 0 unspecified atom stereocenters. The van der Waals surface area contributed by atoms with Crippen LogP contribution in [-0.4, -0.2) is 10.9 Å². The van der Waals surface area contributed by atoms with Crippen LogP contribution in [0.4, 0.5) is 0 Å². The van der Waals surface area contributed by atoms with Crippen LogP contribution in [0.1, 0.15) is 25.7 Å². The second-order valence-electron chi connectivity index (χ2n) is 2.83. The van der Waals surface area contributed by atoms with Crippen LogP contribution in [-0.2, 0) is 0 Å². The molecule has 2 nitrogen and oxygen atoms in total. The van der Waals surface area contributed by atoms with Crippen LogP contribution < -0.4 is 5.73 Å². The van der Waals surface area contributed by atoms with E-state index >= 15 is 0 Å². The average Bonchev–Trinajstić information content (AvgIpc) is 2.34. The maximum Gasteiger partial charge on any atom is 0.151 e. The lowest BCUT2D eigenvalue weighted by Gasteiger charge is -2.05. The van der Waals surface area contributed by atoms with Gasteiger partial charge in [0.2, 0.25) is 0 Å². The fraction of sp³-hybridized carbons (Fsp3) is 0.857. The Labute approximate surface area is 66.1 Å². The first-order chi connectivity index (χ1) is 4.79. The zero-order valence-corrected chi connectivity index (χ0v) is 6.91. The fourth-order valence-electron chi connectivity index (χ4n) is 1.38. The highest BCUT2D eigenvalue weighted by atomic mass is 32.2. The molecule has 0 radical (unpaired) electrons. The van der Waals surface area contributed by atoms with Gasteiger partial charge in [-0.25, -0.2) is 0 Å². The van der Waals surface area contributed by atoms with E-state index in [9.17, 15) is 0 Å². The third-order valence-corrected chi connectivity index (χ3v) is 2.90. The molecule has 58 valence electrons. The minimum atomic E-state index is 0.270. The normalized spacial score (nSPS) is 19.6. The fourth-order valence-corrected chi connectivity index (χ4v) is 2.13. The van der Waals surface area contributed by atoms with Gasteiger partial charge in [0, 0.05) is 5.75 Å². The predicted octanol–water partition coefficient (Wildman–Crippen LogP) is 1.80. The molecule has 1 fully saturated rings. The summed E-state index contributed by atoms with van der Waals surface area (Å²) >= 11 is 1.49. The van der Waals surface area contributed by atoms with Crippen molar-refractivity contribution in [2.45, 2.75) is 25.7 Å². The van der Waals surface area contributed by atoms with Gasteiger partial charge in [0.05, 0.1) is 0 Å². The van der Waals surface area contributed by atoms with E-state index in [1.807, 2.05) is 0 Å². The molecule has 10 heavy (non-hydrogen) atoms. The second-order valence-corrected chi connectivity index (χ2v) is 3.89. The van der Waals surface area contributed by atoms with Gasteiger partial charge in [-0.05, 0) is 18.8 Å². The van der Waals surface area contributed by atoms with Crippen LogP contribution in [0.15, 0.2) is 0 Å². The number of amidine groups is 1. The van der Waals surface area contributed by atoms with Gasteiger partial charge in [0.1, 0.15) is 0 Å². The number of rotatable bonds is 2. The zero-order chi connectivity index (χ0) is 7.40. The molecule has 0 saturated heterocycles. The molecule has 0 aliphatic heterocycles. The van der Waals surface area contributed by atoms with Crippen molar-refractivity contribution in [1.82, 2.24) is 0 Å². The smallest absolute Gasteiger partial charge is 0.151 e. The lowest BCUT2D eigenvalue weighted by Crippen LogP contribution is -2.08. The molecule has 0 amide bonds. The molecule has 1 saturated carbocycles. The van der Waals surface area contributed by atoms with Gasteiger partial charge in [-0.3, -0.25) is 5.41 Å². The Morgan fingerprint density at radius 1 is 1.50 bits per heavy atom. The molecule has 0 aromatic carbocycles. The topological polar surface area (TPSA) is 49.9 Å². The van der Waals surface area contributed by atoms with Gasteiger partial charge in [-0.15, -0.1) is 0 Å². The second kappa shape index (κ2) is 3.86. The van der Waals surface area contributed by atoms with Crippen molar-refractivity contribution in [2.24, 2.45) is 11.7 Å². The Morgan fingerprint density at radius 3 is 2.60 bits per heavy atom. The monoisotopic (exact) mass is 158 g/mol. The van der Waals surface area contributed by atoms with Gasteiger partial charge in [-0.2, -0.15) is 0 Å². The highest BCUT2D eigenvalue weighted by Crippen LogP contribution is 2.27. The van der Waals surface area contributed by atoms with Gasteiger partial charge in [-0.1, -0.05) is 24.6 Å². The van der Waals surface area contributed by atoms with E-state index in [1.165, 1.54) is 37.4 Å². The van der Waals surface area contributed by atoms with E-state index in [1.54, 1.807) is 0 Å². The minimum absolute atomic E-state index is 0.270.